The number of benzene rings is 1. The van der Waals surface area contributed by atoms with Crippen molar-refractivity contribution in [3.8, 4) is 5.75 Å². The summed E-state index contributed by atoms with van der Waals surface area (Å²) in [6.07, 6.45) is 1.12. The largest absolute Gasteiger partial charge is 0.507 e. The van der Waals surface area contributed by atoms with E-state index in [1.807, 2.05) is 25.1 Å². The van der Waals surface area contributed by atoms with Gasteiger partial charge < -0.3 is 5.11 Å². The fraction of sp³-hybridized carbons (Fsp3) is 0.500. The fourth-order valence-corrected chi connectivity index (χ4v) is 1.62. The molecule has 0 aromatic heterocycles. The second kappa shape index (κ2) is 5.69. The van der Waals surface area contributed by atoms with Crippen LogP contribution in [0.3, 0.4) is 0 Å². The van der Waals surface area contributed by atoms with Gasteiger partial charge in [-0.1, -0.05) is 32.4 Å². The summed E-state index contributed by atoms with van der Waals surface area (Å²) < 4.78 is 0. The number of aromatic hydroxyl groups is 1. The van der Waals surface area contributed by atoms with Crippen molar-refractivity contribution in [2.45, 2.75) is 40.2 Å². The Labute approximate surface area is 98.0 Å². The Morgan fingerprint density at radius 1 is 1.31 bits per heavy atom. The van der Waals surface area contributed by atoms with Crippen LogP contribution in [0, 0.1) is 5.92 Å². The lowest BCUT2D eigenvalue weighted by Crippen LogP contribution is -2.13. The summed E-state index contributed by atoms with van der Waals surface area (Å²) in [5, 5.41) is 9.71. The van der Waals surface area contributed by atoms with E-state index in [2.05, 4.69) is 25.8 Å². The molecule has 1 aromatic rings. The summed E-state index contributed by atoms with van der Waals surface area (Å²) in [6, 6.07) is 7.64. The van der Waals surface area contributed by atoms with Crippen LogP contribution in [-0.4, -0.2) is 16.9 Å². The second-order valence-corrected chi connectivity index (χ2v) is 4.36. The quantitative estimate of drug-likeness (QED) is 0.770. The average molecular weight is 219 g/mol. The third-order valence-corrected chi connectivity index (χ3v) is 3.16. The van der Waals surface area contributed by atoms with Crippen molar-refractivity contribution in [1.82, 2.24) is 0 Å². The van der Waals surface area contributed by atoms with Crippen molar-refractivity contribution >= 4 is 5.71 Å². The summed E-state index contributed by atoms with van der Waals surface area (Å²) in [5.74, 6) is 0.876. The maximum absolute atomic E-state index is 9.71. The zero-order valence-corrected chi connectivity index (χ0v) is 10.6. The van der Waals surface area contributed by atoms with Crippen LogP contribution < -0.4 is 0 Å². The molecule has 2 atom stereocenters. The summed E-state index contributed by atoms with van der Waals surface area (Å²) >= 11 is 0. The van der Waals surface area contributed by atoms with E-state index in [9.17, 15) is 5.11 Å². The van der Waals surface area contributed by atoms with Crippen LogP contribution in [0.1, 0.15) is 39.7 Å². The van der Waals surface area contributed by atoms with Crippen molar-refractivity contribution in [1.29, 1.82) is 0 Å². The molecule has 2 nitrogen and oxygen atoms in total. The van der Waals surface area contributed by atoms with Gasteiger partial charge in [0.25, 0.3) is 0 Å². The van der Waals surface area contributed by atoms with Crippen LogP contribution in [0.5, 0.6) is 5.75 Å². The van der Waals surface area contributed by atoms with Gasteiger partial charge in [0, 0.05) is 17.3 Å². The maximum atomic E-state index is 9.71. The molecule has 88 valence electrons. The molecule has 0 aliphatic heterocycles. The van der Waals surface area contributed by atoms with Crippen LogP contribution in [-0.2, 0) is 0 Å². The Hall–Kier alpha value is -1.31. The Balaban J connectivity index is 2.89. The van der Waals surface area contributed by atoms with Crippen molar-refractivity contribution in [2.75, 3.05) is 0 Å². The highest BCUT2D eigenvalue weighted by Gasteiger charge is 2.10. The Bertz CT molecular complexity index is 371. The predicted molar refractivity (Wildman–Crippen MR) is 69.2 cm³/mol. The number of phenols is 1. The molecule has 2 unspecified atom stereocenters. The molecule has 0 bridgehead atoms. The highest BCUT2D eigenvalue weighted by Crippen LogP contribution is 2.18. The van der Waals surface area contributed by atoms with E-state index in [0.29, 0.717) is 17.7 Å². The van der Waals surface area contributed by atoms with Crippen molar-refractivity contribution in [2.24, 2.45) is 10.9 Å². The predicted octanol–water partition coefficient (Wildman–Crippen LogP) is 3.64. The topological polar surface area (TPSA) is 32.6 Å². The van der Waals surface area contributed by atoms with E-state index in [4.69, 9.17) is 0 Å². The van der Waals surface area contributed by atoms with Crippen molar-refractivity contribution in [3.63, 3.8) is 0 Å². The maximum Gasteiger partial charge on any atom is 0.124 e. The SMILES string of the molecule is CCC(C)C(C)/N=C(/C)c1ccccc1O. The van der Waals surface area contributed by atoms with Gasteiger partial charge in [0.15, 0.2) is 0 Å². The second-order valence-electron chi connectivity index (χ2n) is 4.36. The standard InChI is InChI=1S/C14H21NO/c1-5-10(2)11(3)15-12(4)13-8-6-7-9-14(13)16/h6-11,16H,5H2,1-4H3/b15-12-. The molecular formula is C14H21NO. The fourth-order valence-electron chi connectivity index (χ4n) is 1.62. The third kappa shape index (κ3) is 3.09. The molecular weight excluding hydrogens is 198 g/mol. The molecule has 0 radical (unpaired) electrons. The minimum absolute atomic E-state index is 0.296. The van der Waals surface area contributed by atoms with Crippen molar-refractivity contribution in [3.05, 3.63) is 29.8 Å². The number of para-hydroxylation sites is 1. The molecule has 1 rings (SSSR count). The minimum Gasteiger partial charge on any atom is -0.507 e. The van der Waals surface area contributed by atoms with Gasteiger partial charge >= 0.3 is 0 Å². The highest BCUT2D eigenvalue weighted by molar-refractivity contribution is 6.01. The van der Waals surface area contributed by atoms with Gasteiger partial charge in [0.2, 0.25) is 0 Å². The first-order valence-electron chi connectivity index (χ1n) is 5.89. The van der Waals surface area contributed by atoms with Crippen LogP contribution in [0.4, 0.5) is 0 Å². The number of aliphatic imine (C=N–C) groups is 1. The highest BCUT2D eigenvalue weighted by atomic mass is 16.3. The van der Waals surface area contributed by atoms with Gasteiger partial charge in [-0.15, -0.1) is 0 Å². The van der Waals surface area contributed by atoms with Gasteiger partial charge in [-0.2, -0.15) is 0 Å². The minimum atomic E-state index is 0.296. The molecule has 0 saturated heterocycles. The molecule has 0 saturated carbocycles. The first-order chi connectivity index (χ1) is 7.56. The molecule has 1 N–H and O–H groups in total. The lowest BCUT2D eigenvalue weighted by Gasteiger charge is -2.15. The molecule has 0 amide bonds. The van der Waals surface area contributed by atoms with E-state index < -0.39 is 0 Å². The third-order valence-electron chi connectivity index (χ3n) is 3.16. The van der Waals surface area contributed by atoms with Crippen molar-refractivity contribution < 1.29 is 5.11 Å². The smallest absolute Gasteiger partial charge is 0.124 e. The van der Waals surface area contributed by atoms with Gasteiger partial charge in [0.1, 0.15) is 5.75 Å². The van der Waals surface area contributed by atoms with Crippen LogP contribution in [0.25, 0.3) is 0 Å². The lowest BCUT2D eigenvalue weighted by atomic mass is 10.0. The molecule has 0 aliphatic rings. The number of rotatable bonds is 4. The number of nitrogens with zero attached hydrogens (tertiary/aromatic N) is 1. The van der Waals surface area contributed by atoms with E-state index in [0.717, 1.165) is 17.7 Å². The molecule has 0 fully saturated rings. The van der Waals surface area contributed by atoms with Crippen LogP contribution in [0.15, 0.2) is 29.3 Å². The zero-order valence-electron chi connectivity index (χ0n) is 10.6. The van der Waals surface area contributed by atoms with E-state index in [1.54, 1.807) is 6.07 Å². The number of hydrogen-bond acceptors (Lipinski definition) is 2. The van der Waals surface area contributed by atoms with E-state index in [-0.39, 0.29) is 0 Å². The van der Waals surface area contributed by atoms with Gasteiger partial charge in [-0.3, -0.25) is 4.99 Å². The monoisotopic (exact) mass is 219 g/mol. The van der Waals surface area contributed by atoms with Gasteiger partial charge in [0.05, 0.1) is 0 Å². The molecule has 0 aliphatic carbocycles. The van der Waals surface area contributed by atoms with E-state index in [1.165, 1.54) is 0 Å². The summed E-state index contributed by atoms with van der Waals surface area (Å²) in [6.45, 7) is 8.45. The number of hydrogen-bond donors (Lipinski definition) is 1. The Morgan fingerprint density at radius 2 is 1.94 bits per heavy atom. The summed E-state index contributed by atoms with van der Waals surface area (Å²) in [7, 11) is 0. The van der Waals surface area contributed by atoms with Crippen LogP contribution >= 0.6 is 0 Å². The first-order valence-corrected chi connectivity index (χ1v) is 5.89. The average Bonchev–Trinajstić information content (AvgIpc) is 2.28. The lowest BCUT2D eigenvalue weighted by molar-refractivity contribution is 0.468. The zero-order chi connectivity index (χ0) is 12.1. The Morgan fingerprint density at radius 3 is 2.50 bits per heavy atom. The molecule has 2 heteroatoms. The summed E-state index contributed by atoms with van der Waals surface area (Å²) in [4.78, 5) is 4.64. The summed E-state index contributed by atoms with van der Waals surface area (Å²) in [5.41, 5.74) is 1.74. The number of phenolic OH excluding ortho intramolecular Hbond substituents is 1. The molecule has 16 heavy (non-hydrogen) atoms. The Kier molecular flexibility index (Phi) is 4.53. The molecule has 0 spiro atoms. The van der Waals surface area contributed by atoms with Gasteiger partial charge in [-0.25, -0.2) is 0 Å². The van der Waals surface area contributed by atoms with Crippen LogP contribution in [0.2, 0.25) is 0 Å². The van der Waals surface area contributed by atoms with E-state index >= 15 is 0 Å². The normalized spacial score (nSPS) is 15.9. The van der Waals surface area contributed by atoms with Gasteiger partial charge in [-0.05, 0) is 31.9 Å². The first kappa shape index (κ1) is 12.8. The molecule has 1 aromatic carbocycles. The molecule has 0 heterocycles.